The number of hydrogen-bond donors (Lipinski definition) is 0. The molecule has 0 saturated carbocycles. The molecule has 1 amide bonds. The summed E-state index contributed by atoms with van der Waals surface area (Å²) < 4.78 is 12.4. The molecule has 1 unspecified atom stereocenters. The Kier molecular flexibility index (Phi) is 3.66. The molecule has 0 fully saturated rings. The Morgan fingerprint density at radius 1 is 1.35 bits per heavy atom. The fraction of sp³-hybridized carbons (Fsp3) is 0.312. The molecule has 0 N–H and O–H groups in total. The maximum atomic E-state index is 12.8. The number of imidazole rings is 1. The maximum absolute atomic E-state index is 12.8. The number of fused-ring (bicyclic) bond motifs is 1. The van der Waals surface area contributed by atoms with Gasteiger partial charge in [0.15, 0.2) is 0 Å². The lowest BCUT2D eigenvalue weighted by Gasteiger charge is -2.20. The summed E-state index contributed by atoms with van der Waals surface area (Å²) in [6, 6.07) is 4.80. The fourth-order valence-electron chi connectivity index (χ4n) is 2.77. The van der Waals surface area contributed by atoms with Crippen LogP contribution in [0.4, 0.5) is 0 Å². The van der Waals surface area contributed by atoms with E-state index in [1.54, 1.807) is 24.5 Å². The summed E-state index contributed by atoms with van der Waals surface area (Å²) in [4.78, 5) is 18.5. The molecule has 0 bridgehead atoms. The zero-order valence-electron chi connectivity index (χ0n) is 13.1. The first kappa shape index (κ1) is 14.9. The molecule has 1 aliphatic rings. The Hall–Kier alpha value is -3.01. The van der Waals surface area contributed by atoms with Gasteiger partial charge in [0.25, 0.3) is 5.91 Å². The summed E-state index contributed by atoms with van der Waals surface area (Å²) in [6.07, 6.45) is 3.46. The Balaban J connectivity index is 2.07. The van der Waals surface area contributed by atoms with Gasteiger partial charge in [-0.25, -0.2) is 4.98 Å². The molecular formula is C16H16N4O3. The van der Waals surface area contributed by atoms with Crippen LogP contribution in [-0.4, -0.2) is 34.6 Å². The first-order valence-electron chi connectivity index (χ1n) is 7.03. The predicted octanol–water partition coefficient (Wildman–Crippen LogP) is 1.66. The summed E-state index contributed by atoms with van der Waals surface area (Å²) in [5, 5.41) is 9.59. The van der Waals surface area contributed by atoms with Crippen molar-refractivity contribution in [2.75, 3.05) is 14.2 Å². The number of nitriles is 1. The monoisotopic (exact) mass is 312 g/mol. The average molecular weight is 312 g/mol. The lowest BCUT2D eigenvalue weighted by Crippen LogP contribution is -2.28. The van der Waals surface area contributed by atoms with Crippen molar-refractivity contribution in [2.45, 2.75) is 12.6 Å². The molecule has 7 nitrogen and oxygen atoms in total. The number of aryl methyl sites for hydroxylation is 1. The normalized spacial score (nSPS) is 16.2. The molecule has 1 atom stereocenters. The highest BCUT2D eigenvalue weighted by Crippen LogP contribution is 2.42. The van der Waals surface area contributed by atoms with Crippen molar-refractivity contribution < 1.29 is 14.3 Å². The number of methoxy groups -OCH3 is 2. The molecule has 2 aromatic rings. The van der Waals surface area contributed by atoms with Crippen molar-refractivity contribution in [1.29, 1.82) is 5.26 Å². The van der Waals surface area contributed by atoms with E-state index in [1.165, 1.54) is 19.1 Å². The van der Waals surface area contributed by atoms with Crippen LogP contribution in [0.3, 0.4) is 0 Å². The third kappa shape index (κ3) is 2.28. The first-order chi connectivity index (χ1) is 11.1. The molecule has 1 aliphatic heterocycles. The van der Waals surface area contributed by atoms with Gasteiger partial charge in [-0.3, -0.25) is 4.79 Å². The van der Waals surface area contributed by atoms with Crippen molar-refractivity contribution in [3.63, 3.8) is 0 Å². The highest BCUT2D eigenvalue weighted by molar-refractivity contribution is 6.01. The number of carbonyl (C=O) groups excluding carboxylic acids is 1. The van der Waals surface area contributed by atoms with E-state index in [1.807, 2.05) is 11.6 Å². The number of carbonyl (C=O) groups is 1. The third-order valence-corrected chi connectivity index (χ3v) is 4.00. The third-order valence-electron chi connectivity index (χ3n) is 4.00. The van der Waals surface area contributed by atoms with E-state index >= 15 is 0 Å². The SMILES string of the molecule is COc1cc(OC)c2c(c1)C(=O)N(Cc1nccn1C)C2C#N. The molecule has 1 aromatic heterocycles. The molecular weight excluding hydrogens is 296 g/mol. The van der Waals surface area contributed by atoms with E-state index in [4.69, 9.17) is 9.47 Å². The summed E-state index contributed by atoms with van der Waals surface area (Å²) in [7, 11) is 4.88. The van der Waals surface area contributed by atoms with Gasteiger partial charge in [0, 0.05) is 31.1 Å². The topological polar surface area (TPSA) is 80.4 Å². The molecule has 2 heterocycles. The number of aromatic nitrogens is 2. The highest BCUT2D eigenvalue weighted by atomic mass is 16.5. The molecule has 118 valence electrons. The average Bonchev–Trinajstić information content (AvgIpc) is 3.09. The van der Waals surface area contributed by atoms with Gasteiger partial charge in [-0.2, -0.15) is 5.26 Å². The van der Waals surface area contributed by atoms with Crippen molar-refractivity contribution in [3.8, 4) is 17.6 Å². The second-order valence-corrected chi connectivity index (χ2v) is 5.21. The second-order valence-electron chi connectivity index (χ2n) is 5.21. The second kappa shape index (κ2) is 5.65. The Morgan fingerprint density at radius 3 is 2.70 bits per heavy atom. The Labute approximate surface area is 133 Å². The van der Waals surface area contributed by atoms with Crippen LogP contribution in [0, 0.1) is 11.3 Å². The largest absolute Gasteiger partial charge is 0.497 e. The summed E-state index contributed by atoms with van der Waals surface area (Å²) in [5.74, 6) is 1.47. The Bertz CT molecular complexity index is 806. The van der Waals surface area contributed by atoms with Gasteiger partial charge in [0.2, 0.25) is 0 Å². The van der Waals surface area contributed by atoms with Crippen LogP contribution in [0.5, 0.6) is 11.5 Å². The number of benzene rings is 1. The van der Waals surface area contributed by atoms with Crippen LogP contribution < -0.4 is 9.47 Å². The minimum absolute atomic E-state index is 0.230. The first-order valence-corrected chi connectivity index (χ1v) is 7.03. The lowest BCUT2D eigenvalue weighted by molar-refractivity contribution is 0.0738. The number of nitrogens with zero attached hydrogens (tertiary/aromatic N) is 4. The minimum atomic E-state index is -0.713. The number of amides is 1. The van der Waals surface area contributed by atoms with E-state index in [0.29, 0.717) is 28.5 Å². The summed E-state index contributed by atoms with van der Waals surface area (Å²) in [5.41, 5.74) is 1.01. The zero-order chi connectivity index (χ0) is 16.6. The molecule has 7 heteroatoms. The quantitative estimate of drug-likeness (QED) is 0.857. The van der Waals surface area contributed by atoms with Gasteiger partial charge in [0.05, 0.1) is 32.4 Å². The van der Waals surface area contributed by atoms with Crippen LogP contribution in [-0.2, 0) is 13.6 Å². The predicted molar refractivity (Wildman–Crippen MR) is 81.0 cm³/mol. The van der Waals surface area contributed by atoms with Crippen molar-refractivity contribution in [2.24, 2.45) is 7.05 Å². The molecule has 0 spiro atoms. The van der Waals surface area contributed by atoms with Crippen LogP contribution in [0.15, 0.2) is 24.5 Å². The zero-order valence-corrected chi connectivity index (χ0v) is 13.1. The molecule has 0 saturated heterocycles. The van der Waals surface area contributed by atoms with Gasteiger partial charge >= 0.3 is 0 Å². The maximum Gasteiger partial charge on any atom is 0.256 e. The van der Waals surface area contributed by atoms with Gasteiger partial charge in [-0.05, 0) is 6.07 Å². The number of ether oxygens (including phenoxy) is 2. The van der Waals surface area contributed by atoms with Crippen molar-refractivity contribution >= 4 is 5.91 Å². The fourth-order valence-corrected chi connectivity index (χ4v) is 2.77. The van der Waals surface area contributed by atoms with Crippen molar-refractivity contribution in [1.82, 2.24) is 14.5 Å². The Morgan fingerprint density at radius 2 is 2.13 bits per heavy atom. The van der Waals surface area contributed by atoms with Gasteiger partial charge in [-0.15, -0.1) is 0 Å². The van der Waals surface area contributed by atoms with E-state index in [2.05, 4.69) is 11.1 Å². The van der Waals surface area contributed by atoms with E-state index < -0.39 is 6.04 Å². The van der Waals surface area contributed by atoms with Crippen LogP contribution in [0.1, 0.15) is 27.8 Å². The van der Waals surface area contributed by atoms with Crippen LogP contribution >= 0.6 is 0 Å². The number of rotatable bonds is 4. The molecule has 3 rings (SSSR count). The van der Waals surface area contributed by atoms with Crippen molar-refractivity contribution in [3.05, 3.63) is 41.5 Å². The smallest absolute Gasteiger partial charge is 0.256 e. The van der Waals surface area contributed by atoms with Gasteiger partial charge < -0.3 is 18.9 Å². The minimum Gasteiger partial charge on any atom is -0.497 e. The molecule has 0 radical (unpaired) electrons. The van der Waals surface area contributed by atoms with Crippen LogP contribution in [0.25, 0.3) is 0 Å². The lowest BCUT2D eigenvalue weighted by atomic mass is 10.0. The summed E-state index contributed by atoms with van der Waals surface area (Å²) >= 11 is 0. The summed E-state index contributed by atoms with van der Waals surface area (Å²) in [6.45, 7) is 0.251. The molecule has 1 aromatic carbocycles. The van der Waals surface area contributed by atoms with E-state index in [0.717, 1.165) is 0 Å². The molecule has 23 heavy (non-hydrogen) atoms. The van der Waals surface area contributed by atoms with Crippen LogP contribution in [0.2, 0.25) is 0 Å². The number of hydrogen-bond acceptors (Lipinski definition) is 5. The highest BCUT2D eigenvalue weighted by Gasteiger charge is 2.40. The molecule has 0 aliphatic carbocycles. The van der Waals surface area contributed by atoms with E-state index in [-0.39, 0.29) is 12.5 Å². The van der Waals surface area contributed by atoms with E-state index in [9.17, 15) is 10.1 Å². The van der Waals surface area contributed by atoms with Gasteiger partial charge in [0.1, 0.15) is 23.4 Å². The van der Waals surface area contributed by atoms with Gasteiger partial charge in [-0.1, -0.05) is 0 Å². The standard InChI is InChI=1S/C16H16N4O3/c1-19-5-4-18-14(19)9-20-12(8-17)15-11(16(20)21)6-10(22-2)7-13(15)23-3/h4-7,12H,9H2,1-3H3.